The van der Waals surface area contributed by atoms with E-state index in [0.29, 0.717) is 18.7 Å². The molecule has 1 aromatic rings. The van der Waals surface area contributed by atoms with E-state index in [4.69, 9.17) is 0 Å². The van der Waals surface area contributed by atoms with Gasteiger partial charge in [-0.05, 0) is 37.6 Å². The number of nitrogens with zero attached hydrogens (tertiary/aromatic N) is 2. The lowest BCUT2D eigenvalue weighted by atomic mass is 10.1. The van der Waals surface area contributed by atoms with Crippen molar-refractivity contribution in [1.82, 2.24) is 9.80 Å². The zero-order chi connectivity index (χ0) is 15.7. The van der Waals surface area contributed by atoms with Crippen molar-refractivity contribution in [3.8, 4) is 0 Å². The Hall–Kier alpha value is -2.62. The van der Waals surface area contributed by atoms with Crippen molar-refractivity contribution in [2.75, 3.05) is 13.1 Å². The van der Waals surface area contributed by atoms with Crippen LogP contribution in [0, 0.1) is 0 Å². The largest absolute Gasteiger partial charge is 0.340 e. The number of likely N-dealkylation sites (N-methyl/N-ethyl adjacent to an activating group) is 1. The molecule has 112 valence electrons. The van der Waals surface area contributed by atoms with Gasteiger partial charge in [0, 0.05) is 36.5 Å². The molecule has 4 nitrogen and oxygen atoms in total. The van der Waals surface area contributed by atoms with Crippen LogP contribution in [0.25, 0.3) is 5.70 Å². The molecule has 0 saturated heterocycles. The summed E-state index contributed by atoms with van der Waals surface area (Å²) in [4.78, 5) is 27.9. The second-order valence-electron chi connectivity index (χ2n) is 5.22. The van der Waals surface area contributed by atoms with E-state index in [1.807, 2.05) is 44.2 Å². The minimum atomic E-state index is -0.0211. The maximum atomic E-state index is 12.3. The number of allylic oxidation sites excluding steroid dienone is 3. The average Bonchev–Trinajstić information content (AvgIpc) is 2.82. The number of amides is 2. The lowest BCUT2D eigenvalue weighted by Crippen LogP contribution is -2.29. The van der Waals surface area contributed by atoms with Crippen LogP contribution in [-0.4, -0.2) is 34.7 Å². The molecule has 4 heteroatoms. The van der Waals surface area contributed by atoms with Crippen LogP contribution in [-0.2, 0) is 4.79 Å². The Labute approximate surface area is 130 Å². The van der Waals surface area contributed by atoms with E-state index in [1.165, 1.54) is 0 Å². The zero-order valence-corrected chi connectivity index (χ0v) is 12.7. The van der Waals surface area contributed by atoms with Crippen molar-refractivity contribution >= 4 is 17.5 Å². The SMILES string of the molecule is CCN(CC)C(=O)/C=C1\C=CN2C(=O)c3ccccc3C2=C1. The minimum Gasteiger partial charge on any atom is -0.340 e. The summed E-state index contributed by atoms with van der Waals surface area (Å²) < 4.78 is 0. The summed E-state index contributed by atoms with van der Waals surface area (Å²) in [6, 6.07) is 7.54. The molecule has 1 aromatic carbocycles. The maximum absolute atomic E-state index is 12.3. The van der Waals surface area contributed by atoms with E-state index in [-0.39, 0.29) is 11.8 Å². The summed E-state index contributed by atoms with van der Waals surface area (Å²) >= 11 is 0. The minimum absolute atomic E-state index is 0.00689. The Bertz CT molecular complexity index is 724. The van der Waals surface area contributed by atoms with Gasteiger partial charge in [-0.3, -0.25) is 14.5 Å². The molecule has 0 unspecified atom stereocenters. The Balaban J connectivity index is 1.96. The first-order chi connectivity index (χ1) is 10.7. The van der Waals surface area contributed by atoms with E-state index in [9.17, 15) is 9.59 Å². The number of benzene rings is 1. The molecule has 0 saturated carbocycles. The second kappa shape index (κ2) is 5.64. The fraction of sp³-hybridized carbons (Fsp3) is 0.222. The van der Waals surface area contributed by atoms with Crippen LogP contribution in [0.1, 0.15) is 29.8 Å². The normalized spacial score (nSPS) is 17.4. The molecule has 2 heterocycles. The Kier molecular flexibility index (Phi) is 3.67. The summed E-state index contributed by atoms with van der Waals surface area (Å²) in [5.41, 5.74) is 3.27. The third-order valence-corrected chi connectivity index (χ3v) is 4.00. The van der Waals surface area contributed by atoms with E-state index >= 15 is 0 Å². The molecule has 0 aromatic heterocycles. The van der Waals surface area contributed by atoms with Crippen LogP contribution < -0.4 is 0 Å². The van der Waals surface area contributed by atoms with E-state index in [1.54, 1.807) is 28.2 Å². The van der Waals surface area contributed by atoms with E-state index < -0.39 is 0 Å². The molecule has 0 atom stereocenters. The van der Waals surface area contributed by atoms with Crippen LogP contribution in [0.4, 0.5) is 0 Å². The highest BCUT2D eigenvalue weighted by molar-refractivity contribution is 6.10. The van der Waals surface area contributed by atoms with Crippen LogP contribution in [0.15, 0.2) is 54.3 Å². The molecule has 0 radical (unpaired) electrons. The highest BCUT2D eigenvalue weighted by Gasteiger charge is 2.31. The average molecular weight is 294 g/mol. The first kappa shape index (κ1) is 14.3. The lowest BCUT2D eigenvalue weighted by Gasteiger charge is -2.19. The highest BCUT2D eigenvalue weighted by Crippen LogP contribution is 2.36. The van der Waals surface area contributed by atoms with Gasteiger partial charge < -0.3 is 4.90 Å². The number of carbonyl (C=O) groups excluding carboxylic acids is 2. The summed E-state index contributed by atoms with van der Waals surface area (Å²) in [5, 5.41) is 0. The van der Waals surface area contributed by atoms with E-state index in [2.05, 4.69) is 0 Å². The quantitative estimate of drug-likeness (QED) is 0.804. The van der Waals surface area contributed by atoms with Gasteiger partial charge in [0.15, 0.2) is 0 Å². The van der Waals surface area contributed by atoms with Crippen molar-refractivity contribution in [3.63, 3.8) is 0 Å². The third kappa shape index (κ3) is 2.26. The van der Waals surface area contributed by atoms with Gasteiger partial charge in [0.2, 0.25) is 5.91 Å². The number of carbonyl (C=O) groups is 2. The number of hydrogen-bond acceptors (Lipinski definition) is 2. The van der Waals surface area contributed by atoms with Crippen molar-refractivity contribution in [3.05, 3.63) is 65.4 Å². The molecule has 0 fully saturated rings. The molecule has 0 aliphatic carbocycles. The molecule has 3 rings (SSSR count). The van der Waals surface area contributed by atoms with Crippen LogP contribution >= 0.6 is 0 Å². The fourth-order valence-electron chi connectivity index (χ4n) is 2.78. The van der Waals surface area contributed by atoms with Crippen molar-refractivity contribution in [2.45, 2.75) is 13.8 Å². The topological polar surface area (TPSA) is 40.6 Å². The summed E-state index contributed by atoms with van der Waals surface area (Å²) in [5.74, 6) is -0.0280. The number of fused-ring (bicyclic) bond motifs is 3. The Morgan fingerprint density at radius 3 is 2.55 bits per heavy atom. The summed E-state index contributed by atoms with van der Waals surface area (Å²) in [7, 11) is 0. The van der Waals surface area contributed by atoms with Gasteiger partial charge in [0.05, 0.1) is 5.70 Å². The molecule has 0 N–H and O–H groups in total. The zero-order valence-electron chi connectivity index (χ0n) is 12.7. The summed E-state index contributed by atoms with van der Waals surface area (Å²) in [6.07, 6.45) is 7.05. The monoisotopic (exact) mass is 294 g/mol. The van der Waals surface area contributed by atoms with Crippen LogP contribution in [0.2, 0.25) is 0 Å². The van der Waals surface area contributed by atoms with E-state index in [0.717, 1.165) is 16.8 Å². The fourth-order valence-corrected chi connectivity index (χ4v) is 2.78. The van der Waals surface area contributed by atoms with Crippen molar-refractivity contribution in [2.24, 2.45) is 0 Å². The molecule has 22 heavy (non-hydrogen) atoms. The van der Waals surface area contributed by atoms with Gasteiger partial charge in [0.1, 0.15) is 0 Å². The van der Waals surface area contributed by atoms with Crippen LogP contribution in [0.5, 0.6) is 0 Å². The Morgan fingerprint density at radius 1 is 1.18 bits per heavy atom. The van der Waals surface area contributed by atoms with Crippen LogP contribution in [0.3, 0.4) is 0 Å². The number of hydrogen-bond donors (Lipinski definition) is 0. The molecule has 2 amide bonds. The lowest BCUT2D eigenvalue weighted by molar-refractivity contribution is -0.125. The molecular formula is C18H18N2O2. The maximum Gasteiger partial charge on any atom is 0.263 e. The summed E-state index contributed by atoms with van der Waals surface area (Å²) in [6.45, 7) is 5.30. The first-order valence-electron chi connectivity index (χ1n) is 7.49. The van der Waals surface area contributed by atoms with Gasteiger partial charge in [-0.2, -0.15) is 0 Å². The molecular weight excluding hydrogens is 276 g/mol. The molecule has 2 aliphatic heterocycles. The predicted octanol–water partition coefficient (Wildman–Crippen LogP) is 2.81. The number of rotatable bonds is 3. The molecule has 2 aliphatic rings. The van der Waals surface area contributed by atoms with Gasteiger partial charge in [-0.15, -0.1) is 0 Å². The second-order valence-corrected chi connectivity index (χ2v) is 5.22. The first-order valence-corrected chi connectivity index (χ1v) is 7.49. The van der Waals surface area contributed by atoms with Crippen molar-refractivity contribution in [1.29, 1.82) is 0 Å². The van der Waals surface area contributed by atoms with Gasteiger partial charge in [-0.25, -0.2) is 0 Å². The highest BCUT2D eigenvalue weighted by atomic mass is 16.2. The standard InChI is InChI=1S/C18H18N2O2/c1-3-19(4-2)17(21)12-13-9-10-20-16(11-13)14-7-5-6-8-15(14)18(20)22/h5-12H,3-4H2,1-2H3/b13-12+. The Morgan fingerprint density at radius 2 is 1.86 bits per heavy atom. The predicted molar refractivity (Wildman–Crippen MR) is 85.7 cm³/mol. The van der Waals surface area contributed by atoms with Gasteiger partial charge >= 0.3 is 0 Å². The molecule has 0 bridgehead atoms. The third-order valence-electron chi connectivity index (χ3n) is 4.00. The molecule has 0 spiro atoms. The van der Waals surface area contributed by atoms with Gasteiger partial charge in [-0.1, -0.05) is 18.2 Å². The smallest absolute Gasteiger partial charge is 0.263 e. The van der Waals surface area contributed by atoms with Gasteiger partial charge in [0.25, 0.3) is 5.91 Å². The van der Waals surface area contributed by atoms with Crippen molar-refractivity contribution < 1.29 is 9.59 Å².